The monoisotopic (exact) mass is 1400 g/mol. The first-order valence-corrected chi connectivity index (χ1v) is 39.8. The first-order valence-electron chi connectivity index (χ1n) is 36.8. The van der Waals surface area contributed by atoms with E-state index in [1.807, 2.05) is 0 Å². The van der Waals surface area contributed by atoms with E-state index in [4.69, 9.17) is 32.3 Å². The number of rotatable bonds is 68. The van der Waals surface area contributed by atoms with Crippen molar-refractivity contribution < 1.29 is 75.8 Å². The molecule has 0 saturated carbocycles. The van der Waals surface area contributed by atoms with Gasteiger partial charge in [-0.3, -0.25) is 32.5 Å². The van der Waals surface area contributed by atoms with Crippen LogP contribution in [-0.2, 0) is 55.8 Å². The summed E-state index contributed by atoms with van der Waals surface area (Å²) in [5.41, 5.74) is 0. The molecule has 0 amide bonds. The van der Waals surface area contributed by atoms with Gasteiger partial charge in [0.15, 0.2) is 6.10 Å². The molecule has 0 aromatic rings. The van der Waals surface area contributed by atoms with E-state index in [0.29, 0.717) is 19.3 Å². The summed E-state index contributed by atoms with van der Waals surface area (Å²) in [5, 5.41) is 20.6. The average Bonchev–Trinajstić information content (AvgIpc) is 1.77. The number of phosphoric ester groups is 2. The summed E-state index contributed by atoms with van der Waals surface area (Å²) in [4.78, 5) is 58.6. The third kappa shape index (κ3) is 72.2. The molecule has 5 unspecified atom stereocenters. The Kier molecular flexibility index (Phi) is 67.5. The van der Waals surface area contributed by atoms with Gasteiger partial charge in [0.1, 0.15) is 25.4 Å². The third-order valence-electron chi connectivity index (χ3n) is 14.7. The van der Waals surface area contributed by atoms with Crippen molar-refractivity contribution in [3.8, 4) is 0 Å². The summed E-state index contributed by atoms with van der Waals surface area (Å²) in [6, 6.07) is 0. The van der Waals surface area contributed by atoms with Gasteiger partial charge in [-0.25, -0.2) is 9.13 Å². The minimum Gasteiger partial charge on any atom is -0.463 e. The van der Waals surface area contributed by atoms with Crippen LogP contribution in [0.4, 0.5) is 0 Å². The van der Waals surface area contributed by atoms with E-state index in [0.717, 1.165) is 205 Å². The van der Waals surface area contributed by atoms with Crippen molar-refractivity contribution in [1.82, 2.24) is 0 Å². The highest BCUT2D eigenvalue weighted by atomic mass is 31.2. The topological polar surface area (TPSA) is 231 Å². The Bertz CT molecular complexity index is 2400. The molecular weight excluding hydrogens is 1270 g/mol. The first kappa shape index (κ1) is 92.2. The number of allylic oxidation sites excluding steroid dienone is 26. The number of aliphatic hydroxyl groups is 2. The number of ether oxygens (including phenoxy) is 3. The molecule has 0 rings (SSSR count). The van der Waals surface area contributed by atoms with Gasteiger partial charge >= 0.3 is 33.6 Å². The molecule has 0 aromatic heterocycles. The average molecular weight is 1400 g/mol. The van der Waals surface area contributed by atoms with Gasteiger partial charge in [-0.15, -0.1) is 0 Å². The number of hydrogen-bond acceptors (Lipinski definition) is 14. The van der Waals surface area contributed by atoms with Crippen molar-refractivity contribution in [3.05, 3.63) is 158 Å². The Balaban J connectivity index is 4.68. The summed E-state index contributed by atoms with van der Waals surface area (Å²) in [7, 11) is -9.81. The lowest BCUT2D eigenvalue weighted by atomic mass is 10.1. The van der Waals surface area contributed by atoms with E-state index in [9.17, 15) is 43.5 Å². The molecule has 0 bridgehead atoms. The predicted octanol–water partition coefficient (Wildman–Crippen LogP) is 21.1. The quantitative estimate of drug-likeness (QED) is 0.0146. The van der Waals surface area contributed by atoms with Crippen LogP contribution in [0.15, 0.2) is 158 Å². The van der Waals surface area contributed by atoms with Gasteiger partial charge in [-0.05, 0) is 141 Å². The maximum Gasteiger partial charge on any atom is 0.472 e. The molecule has 4 N–H and O–H groups in total. The number of unbranched alkanes of at least 4 members (excludes halogenated alkanes) is 19. The molecule has 97 heavy (non-hydrogen) atoms. The van der Waals surface area contributed by atoms with E-state index in [-0.39, 0.29) is 19.3 Å². The van der Waals surface area contributed by atoms with E-state index >= 15 is 0 Å². The van der Waals surface area contributed by atoms with Crippen LogP contribution in [-0.4, -0.2) is 95.9 Å². The smallest absolute Gasteiger partial charge is 0.463 e. The molecule has 0 fully saturated rings. The van der Waals surface area contributed by atoms with Crippen LogP contribution in [0.1, 0.15) is 265 Å². The van der Waals surface area contributed by atoms with Gasteiger partial charge in [0, 0.05) is 19.3 Å². The fourth-order valence-corrected chi connectivity index (χ4v) is 10.8. The lowest BCUT2D eigenvalue weighted by molar-refractivity contribution is -0.161. The Hall–Kier alpha value is -4.83. The second-order valence-corrected chi connectivity index (χ2v) is 26.9. The van der Waals surface area contributed by atoms with Gasteiger partial charge in [0.25, 0.3) is 0 Å². The van der Waals surface area contributed by atoms with Crippen LogP contribution in [0.25, 0.3) is 0 Å². The van der Waals surface area contributed by atoms with Crippen molar-refractivity contribution in [2.24, 2.45) is 0 Å². The van der Waals surface area contributed by atoms with Crippen LogP contribution in [0, 0.1) is 0 Å². The Labute approximate surface area is 587 Å². The highest BCUT2D eigenvalue weighted by Gasteiger charge is 2.29. The Morgan fingerprint density at radius 3 is 0.814 bits per heavy atom. The van der Waals surface area contributed by atoms with E-state index in [2.05, 4.69) is 179 Å². The zero-order chi connectivity index (χ0) is 70.9. The van der Waals surface area contributed by atoms with Gasteiger partial charge in [0.2, 0.25) is 0 Å². The van der Waals surface area contributed by atoms with E-state index in [1.165, 1.54) is 0 Å². The molecule has 16 nitrogen and oxygen atoms in total. The predicted molar refractivity (Wildman–Crippen MR) is 399 cm³/mol. The number of hydrogen-bond donors (Lipinski definition) is 4. The minimum absolute atomic E-state index is 0.0768. The number of esters is 3. The van der Waals surface area contributed by atoms with E-state index < -0.39 is 91.5 Å². The largest absolute Gasteiger partial charge is 0.472 e. The summed E-state index contributed by atoms with van der Waals surface area (Å²) >= 11 is 0. The number of aliphatic hydroxyl groups excluding tert-OH is 2. The molecular formula is C79H130O16P2. The highest BCUT2D eigenvalue weighted by molar-refractivity contribution is 7.47. The summed E-state index contributed by atoms with van der Waals surface area (Å²) < 4.78 is 61.0. The molecule has 18 heteroatoms. The van der Waals surface area contributed by atoms with Crippen LogP contribution >= 0.6 is 15.6 Å². The van der Waals surface area contributed by atoms with Crippen molar-refractivity contribution in [3.63, 3.8) is 0 Å². The standard InChI is InChI=1S/C79H130O16P2/c1-4-7-10-13-16-19-22-25-28-30-32-34-36-38-40-42-45-47-50-53-56-59-62-65-77(82)89-68-74(80)69-91-96(85,86)92-70-75(81)71-93-97(87,88)94-73-76(95-79(84)67-64-61-58-55-52-49-44-27-24-21-18-15-12-9-6-3)72-90-78(83)66-63-60-57-54-51-48-46-43-41-39-37-35-33-31-29-26-23-20-17-14-11-8-5-2/h7-12,16-21,25-29,32-35,38-41,44,74-76,80-81H,4-6,13-15,22-24,30-31,36-37,42-43,45-73H2,1-3H3,(H,85,86)(H,87,88)/b10-7-,11-8-,12-9-,19-16-,20-17-,21-18-,28-25-,29-26-,34-32-,35-33-,40-38-,41-39-,44-27-. The lowest BCUT2D eigenvalue weighted by Gasteiger charge is -2.21. The summed E-state index contributed by atoms with van der Waals surface area (Å²) in [6.45, 7) is 2.27. The highest BCUT2D eigenvalue weighted by Crippen LogP contribution is 2.45. The molecule has 552 valence electrons. The van der Waals surface area contributed by atoms with Gasteiger partial charge in [-0.1, -0.05) is 262 Å². The Morgan fingerprint density at radius 2 is 0.515 bits per heavy atom. The second kappa shape index (κ2) is 71.0. The fourth-order valence-electron chi connectivity index (χ4n) is 9.23. The van der Waals surface area contributed by atoms with Crippen LogP contribution in [0.5, 0.6) is 0 Å². The van der Waals surface area contributed by atoms with Crippen molar-refractivity contribution >= 4 is 33.6 Å². The van der Waals surface area contributed by atoms with Crippen molar-refractivity contribution in [2.45, 2.75) is 283 Å². The van der Waals surface area contributed by atoms with Crippen LogP contribution in [0.3, 0.4) is 0 Å². The van der Waals surface area contributed by atoms with E-state index in [1.54, 1.807) is 0 Å². The molecule has 0 aliphatic carbocycles. The zero-order valence-electron chi connectivity index (χ0n) is 59.9. The minimum atomic E-state index is -4.94. The van der Waals surface area contributed by atoms with Crippen molar-refractivity contribution in [1.29, 1.82) is 0 Å². The normalized spacial score (nSPS) is 15.0. The Morgan fingerprint density at radius 1 is 0.289 bits per heavy atom. The molecule has 0 spiro atoms. The maximum absolute atomic E-state index is 13.0. The number of carbonyl (C=O) groups excluding carboxylic acids is 3. The number of carbonyl (C=O) groups is 3. The lowest BCUT2D eigenvalue weighted by Crippen LogP contribution is -2.30. The molecule has 0 aliphatic heterocycles. The second-order valence-electron chi connectivity index (χ2n) is 23.9. The van der Waals surface area contributed by atoms with Gasteiger partial charge < -0.3 is 34.2 Å². The maximum atomic E-state index is 13.0. The van der Waals surface area contributed by atoms with Crippen LogP contribution in [0.2, 0.25) is 0 Å². The molecule has 0 radical (unpaired) electrons. The zero-order valence-corrected chi connectivity index (χ0v) is 61.7. The third-order valence-corrected chi connectivity index (χ3v) is 16.6. The molecule has 5 atom stereocenters. The van der Waals surface area contributed by atoms with Gasteiger partial charge in [-0.2, -0.15) is 0 Å². The molecule has 0 aliphatic rings. The fraction of sp³-hybridized carbons (Fsp3) is 0.633. The first-order chi connectivity index (χ1) is 47.2. The van der Waals surface area contributed by atoms with Crippen molar-refractivity contribution in [2.75, 3.05) is 39.6 Å². The van der Waals surface area contributed by atoms with Gasteiger partial charge in [0.05, 0.1) is 26.4 Å². The van der Waals surface area contributed by atoms with Crippen LogP contribution < -0.4 is 0 Å². The molecule has 0 heterocycles. The SMILES string of the molecule is CC/C=C\C/C=C\C/C=C\C/C=C\C/C=C\CCCCCCCCCC(=O)OCC(O)COP(=O)(O)OCC(O)COP(=O)(O)OCC(COC(=O)CCCCCCCCC/C=C\C/C=C\C/C=C\C/C=C\C/C=C\CC)OC(=O)CCCCCCC/C=C\C/C=C\C/C=C\CC. The molecule has 0 saturated heterocycles. The number of phosphoric acid groups is 2. The molecule has 0 aromatic carbocycles. The summed E-state index contributed by atoms with van der Waals surface area (Å²) in [6.07, 6.45) is 87.1. The summed E-state index contributed by atoms with van der Waals surface area (Å²) in [5.74, 6) is -1.63.